The van der Waals surface area contributed by atoms with Crippen LogP contribution in [0.25, 0.3) is 22.0 Å². The summed E-state index contributed by atoms with van der Waals surface area (Å²) in [6.45, 7) is 4.07. The quantitative estimate of drug-likeness (QED) is 0.304. The molecule has 2 aliphatic heterocycles. The van der Waals surface area contributed by atoms with E-state index in [1.54, 1.807) is 18.2 Å². The molecule has 8 nitrogen and oxygen atoms in total. The van der Waals surface area contributed by atoms with Crippen molar-refractivity contribution in [2.45, 2.75) is 49.5 Å². The fourth-order valence-electron chi connectivity index (χ4n) is 6.68. The molecule has 1 N–H and O–H groups in total. The number of benzene rings is 3. The Labute approximate surface area is 247 Å². The van der Waals surface area contributed by atoms with Crippen LogP contribution in [0.2, 0.25) is 0 Å². The van der Waals surface area contributed by atoms with Crippen molar-refractivity contribution >= 4 is 32.6 Å². The molecule has 1 aliphatic carbocycles. The standard InChI is InChI=1S/C33H37N5O3S/c39-42(40,38-17-19-41-20-18-38)30-7-3-5-26(22-30)31-8-4-6-27-23-34-33(36-32(27)31)35-28-12-9-24-10-13-29(14-11-25(24)21-28)37-15-1-2-16-37/h3-9,12,21-23,29H,1-2,10-11,13-20H2,(H,34,35,36)/t29-/m0/s1. The number of anilines is 2. The van der Waals surface area contributed by atoms with Crippen LogP contribution in [0, 0.1) is 0 Å². The molecule has 42 heavy (non-hydrogen) atoms. The van der Waals surface area contributed by atoms with E-state index < -0.39 is 10.0 Å². The maximum atomic E-state index is 13.3. The summed E-state index contributed by atoms with van der Waals surface area (Å²) in [6, 6.07) is 20.4. The fraction of sp³-hybridized carbons (Fsp3) is 0.394. The summed E-state index contributed by atoms with van der Waals surface area (Å²) < 4.78 is 33.5. The van der Waals surface area contributed by atoms with E-state index in [2.05, 4.69) is 33.4 Å². The minimum Gasteiger partial charge on any atom is -0.379 e. The molecule has 3 aromatic carbocycles. The first-order valence-corrected chi connectivity index (χ1v) is 16.6. The number of para-hydroxylation sites is 1. The summed E-state index contributed by atoms with van der Waals surface area (Å²) >= 11 is 0. The van der Waals surface area contributed by atoms with Crippen LogP contribution in [0.15, 0.2) is 71.8 Å². The highest BCUT2D eigenvalue weighted by Gasteiger charge is 2.27. The number of aryl methyl sites for hydroxylation is 2. The van der Waals surface area contributed by atoms with Gasteiger partial charge in [-0.3, -0.25) is 0 Å². The fourth-order valence-corrected chi connectivity index (χ4v) is 8.13. The second-order valence-electron chi connectivity index (χ2n) is 11.6. The van der Waals surface area contributed by atoms with Crippen molar-refractivity contribution in [1.82, 2.24) is 19.2 Å². The number of aromatic nitrogens is 2. The maximum Gasteiger partial charge on any atom is 0.243 e. The van der Waals surface area contributed by atoms with Crippen molar-refractivity contribution in [2.24, 2.45) is 0 Å². The van der Waals surface area contributed by atoms with Crippen LogP contribution in [-0.2, 0) is 27.6 Å². The Morgan fingerprint density at radius 3 is 2.48 bits per heavy atom. The molecule has 7 rings (SSSR count). The zero-order valence-electron chi connectivity index (χ0n) is 23.8. The SMILES string of the molecule is O=S(=O)(c1cccc(-c2cccc3cnc(Nc4ccc5c(c4)CC[C@@H](N4CCCC4)CC5)nc23)c1)N1CCOCC1. The maximum absolute atomic E-state index is 13.3. The van der Waals surface area contributed by atoms with Gasteiger partial charge in [0.15, 0.2) is 0 Å². The average molecular weight is 584 g/mol. The Bertz CT molecular complexity index is 1700. The van der Waals surface area contributed by atoms with E-state index >= 15 is 0 Å². The number of fused-ring (bicyclic) bond motifs is 2. The van der Waals surface area contributed by atoms with Gasteiger partial charge >= 0.3 is 0 Å². The molecule has 0 radical (unpaired) electrons. The Balaban J connectivity index is 1.15. The molecule has 0 spiro atoms. The number of morpholine rings is 1. The number of sulfonamides is 1. The summed E-state index contributed by atoms with van der Waals surface area (Å²) in [6.07, 6.45) is 9.18. The summed E-state index contributed by atoms with van der Waals surface area (Å²) in [4.78, 5) is 12.5. The van der Waals surface area contributed by atoms with Crippen molar-refractivity contribution < 1.29 is 13.2 Å². The number of nitrogens with one attached hydrogen (secondary N) is 1. The molecular formula is C33H37N5O3S. The van der Waals surface area contributed by atoms with Crippen LogP contribution in [0.4, 0.5) is 11.6 Å². The van der Waals surface area contributed by atoms with Crippen molar-refractivity contribution in [3.63, 3.8) is 0 Å². The third-order valence-corrected chi connectivity index (χ3v) is 10.9. The number of hydrogen-bond acceptors (Lipinski definition) is 7. The largest absolute Gasteiger partial charge is 0.379 e. The zero-order chi connectivity index (χ0) is 28.5. The van der Waals surface area contributed by atoms with Crippen LogP contribution in [0.5, 0.6) is 0 Å². The molecule has 2 saturated heterocycles. The number of likely N-dealkylation sites (tertiary alicyclic amines) is 1. The molecule has 218 valence electrons. The van der Waals surface area contributed by atoms with E-state index in [4.69, 9.17) is 9.72 Å². The molecule has 0 bridgehead atoms. The lowest BCUT2D eigenvalue weighted by Crippen LogP contribution is -2.40. The number of ether oxygens (including phenoxy) is 1. The molecule has 0 amide bonds. The van der Waals surface area contributed by atoms with Gasteiger partial charge in [0.25, 0.3) is 0 Å². The normalized spacial score (nSPS) is 20.3. The minimum absolute atomic E-state index is 0.281. The summed E-state index contributed by atoms with van der Waals surface area (Å²) in [5, 5.41) is 4.34. The van der Waals surface area contributed by atoms with Crippen LogP contribution in [-0.4, -0.2) is 73.0 Å². The molecule has 3 aliphatic rings. The highest BCUT2D eigenvalue weighted by atomic mass is 32.2. The van der Waals surface area contributed by atoms with Crippen LogP contribution in [0.1, 0.15) is 36.8 Å². The van der Waals surface area contributed by atoms with E-state index in [9.17, 15) is 8.42 Å². The third-order valence-electron chi connectivity index (χ3n) is 8.98. The predicted molar refractivity (Wildman–Crippen MR) is 166 cm³/mol. The van der Waals surface area contributed by atoms with Gasteiger partial charge in [0.2, 0.25) is 16.0 Å². The van der Waals surface area contributed by atoms with E-state index in [1.807, 2.05) is 30.5 Å². The van der Waals surface area contributed by atoms with Crippen molar-refractivity contribution in [1.29, 1.82) is 0 Å². The molecule has 4 aromatic rings. The van der Waals surface area contributed by atoms with Gasteiger partial charge < -0.3 is 15.0 Å². The van der Waals surface area contributed by atoms with Crippen LogP contribution in [0.3, 0.4) is 0 Å². The second-order valence-corrected chi connectivity index (χ2v) is 13.5. The smallest absolute Gasteiger partial charge is 0.243 e. The minimum atomic E-state index is -3.61. The van der Waals surface area contributed by atoms with Gasteiger partial charge in [-0.05, 0) is 92.6 Å². The number of rotatable bonds is 6. The van der Waals surface area contributed by atoms with Gasteiger partial charge in [0.1, 0.15) is 0 Å². The number of nitrogens with zero attached hydrogens (tertiary/aromatic N) is 4. The average Bonchev–Trinajstić information content (AvgIpc) is 3.49. The number of hydrogen-bond donors (Lipinski definition) is 1. The van der Waals surface area contributed by atoms with Gasteiger partial charge in [-0.15, -0.1) is 0 Å². The van der Waals surface area contributed by atoms with Gasteiger partial charge in [0, 0.05) is 42.0 Å². The van der Waals surface area contributed by atoms with E-state index in [-0.39, 0.29) is 4.90 Å². The molecule has 0 saturated carbocycles. The molecule has 1 aromatic heterocycles. The third kappa shape index (κ3) is 5.54. The predicted octanol–water partition coefficient (Wildman–Crippen LogP) is 5.40. The topological polar surface area (TPSA) is 87.7 Å². The van der Waals surface area contributed by atoms with E-state index in [0.717, 1.165) is 40.6 Å². The first-order chi connectivity index (χ1) is 20.5. The highest BCUT2D eigenvalue weighted by molar-refractivity contribution is 7.89. The first kappa shape index (κ1) is 27.5. The zero-order valence-corrected chi connectivity index (χ0v) is 24.7. The van der Waals surface area contributed by atoms with Gasteiger partial charge in [0.05, 0.1) is 23.6 Å². The van der Waals surface area contributed by atoms with E-state index in [0.29, 0.717) is 38.3 Å². The van der Waals surface area contributed by atoms with Gasteiger partial charge in [-0.2, -0.15) is 4.31 Å². The van der Waals surface area contributed by atoms with Crippen molar-refractivity contribution in [2.75, 3.05) is 44.7 Å². The second kappa shape index (κ2) is 11.7. The summed E-state index contributed by atoms with van der Waals surface area (Å²) in [5.41, 5.74) is 6.31. The molecule has 1 atom stereocenters. The molecule has 2 fully saturated rings. The van der Waals surface area contributed by atoms with Crippen LogP contribution < -0.4 is 5.32 Å². The Morgan fingerprint density at radius 1 is 0.857 bits per heavy atom. The Hall–Kier alpha value is -3.37. The Kier molecular flexibility index (Phi) is 7.66. The highest BCUT2D eigenvalue weighted by Crippen LogP contribution is 2.32. The van der Waals surface area contributed by atoms with Crippen molar-refractivity contribution in [3.8, 4) is 11.1 Å². The lowest BCUT2D eigenvalue weighted by Gasteiger charge is -2.26. The first-order valence-electron chi connectivity index (χ1n) is 15.1. The molecule has 3 heterocycles. The van der Waals surface area contributed by atoms with Gasteiger partial charge in [-0.25, -0.2) is 18.4 Å². The summed E-state index contributed by atoms with van der Waals surface area (Å²) in [5.74, 6) is 0.524. The lowest BCUT2D eigenvalue weighted by molar-refractivity contribution is 0.0730. The van der Waals surface area contributed by atoms with E-state index in [1.165, 1.54) is 54.2 Å². The molecule has 0 unspecified atom stereocenters. The van der Waals surface area contributed by atoms with Crippen molar-refractivity contribution in [3.05, 3.63) is 78.0 Å². The lowest BCUT2D eigenvalue weighted by atomic mass is 10.0. The molecule has 9 heteroatoms. The van der Waals surface area contributed by atoms with Gasteiger partial charge in [-0.1, -0.05) is 36.4 Å². The summed E-state index contributed by atoms with van der Waals surface area (Å²) in [7, 11) is -3.61. The monoisotopic (exact) mass is 583 g/mol. The van der Waals surface area contributed by atoms with Crippen LogP contribution >= 0.6 is 0 Å². The molecular weight excluding hydrogens is 546 g/mol. The Morgan fingerprint density at radius 2 is 1.64 bits per heavy atom.